The van der Waals surface area contributed by atoms with E-state index in [-0.39, 0.29) is 6.07 Å². The maximum atomic E-state index is 12.6. The smallest absolute Gasteiger partial charge is 0.393 e. The summed E-state index contributed by atoms with van der Waals surface area (Å²) < 4.78 is 74.6. The van der Waals surface area contributed by atoms with Crippen LogP contribution in [0.15, 0.2) is 6.07 Å². The van der Waals surface area contributed by atoms with Gasteiger partial charge in [0.25, 0.3) is 0 Å². The summed E-state index contributed by atoms with van der Waals surface area (Å²) in [5.74, 6) is 0. The first-order valence-corrected chi connectivity index (χ1v) is 5.36. The molecule has 0 aliphatic rings. The molecule has 0 amide bonds. The van der Waals surface area contributed by atoms with Gasteiger partial charge in [-0.1, -0.05) is 0 Å². The summed E-state index contributed by atoms with van der Waals surface area (Å²) in [5.41, 5.74) is -1.89. The number of rotatable bonds is 1. The van der Waals surface area contributed by atoms with Crippen LogP contribution in [-0.4, -0.2) is 4.92 Å². The largest absolute Gasteiger partial charge is 0.423 e. The van der Waals surface area contributed by atoms with Gasteiger partial charge in [0.05, 0.1) is 10.5 Å². The number of alkyl halides is 6. The molecule has 0 heterocycles. The highest BCUT2D eigenvalue weighted by Crippen LogP contribution is 2.46. The summed E-state index contributed by atoms with van der Waals surface area (Å²) in [6.45, 7) is 0. The van der Waals surface area contributed by atoms with Gasteiger partial charge in [0.1, 0.15) is 11.3 Å². The van der Waals surface area contributed by atoms with Crippen molar-refractivity contribution in [2.75, 3.05) is 5.73 Å². The van der Waals surface area contributed by atoms with Crippen molar-refractivity contribution in [3.63, 3.8) is 0 Å². The zero-order valence-corrected chi connectivity index (χ0v) is 10.7. The van der Waals surface area contributed by atoms with Gasteiger partial charge in [-0.25, -0.2) is 0 Å². The maximum absolute atomic E-state index is 12.6. The predicted molar refractivity (Wildman–Crippen MR) is 60.2 cm³/mol. The Hall–Kier alpha value is -1.27. The first-order valence-electron chi connectivity index (χ1n) is 4.28. The minimum absolute atomic E-state index is 0.0534. The van der Waals surface area contributed by atoms with E-state index in [4.69, 9.17) is 5.73 Å². The molecule has 1 rings (SSSR count). The Kier molecular flexibility index (Phi) is 3.89. The van der Waals surface area contributed by atoms with Crippen molar-refractivity contribution in [3.05, 3.63) is 30.9 Å². The second-order valence-corrected chi connectivity index (χ2v) is 4.46. The number of hydrogen-bond acceptors (Lipinski definition) is 3. The van der Waals surface area contributed by atoms with Gasteiger partial charge in [-0.2, -0.15) is 26.3 Å². The second kappa shape index (κ2) is 4.68. The molecule has 0 radical (unpaired) electrons. The Labute approximate surface area is 114 Å². The van der Waals surface area contributed by atoms with Gasteiger partial charge in [-0.3, -0.25) is 10.1 Å². The molecule has 0 aromatic heterocycles. The van der Waals surface area contributed by atoms with Crippen molar-refractivity contribution in [1.29, 1.82) is 0 Å². The van der Waals surface area contributed by atoms with E-state index in [1.165, 1.54) is 0 Å². The lowest BCUT2D eigenvalue weighted by Gasteiger charge is -2.16. The number of nitro groups is 1. The third-order valence-electron chi connectivity index (χ3n) is 2.06. The van der Waals surface area contributed by atoms with Crippen LogP contribution in [0.25, 0.3) is 0 Å². The Morgan fingerprint density at radius 2 is 1.63 bits per heavy atom. The van der Waals surface area contributed by atoms with Crippen LogP contribution in [0.1, 0.15) is 11.1 Å². The van der Waals surface area contributed by atoms with Gasteiger partial charge in [0, 0.05) is 3.57 Å². The summed E-state index contributed by atoms with van der Waals surface area (Å²) in [5, 5.41) is 10.5. The van der Waals surface area contributed by atoms with E-state index in [0.29, 0.717) is 0 Å². The van der Waals surface area contributed by atoms with Gasteiger partial charge in [-0.05, 0) is 28.7 Å². The summed E-state index contributed by atoms with van der Waals surface area (Å²) >= 11 is 0.994. The lowest BCUT2D eigenvalue weighted by Crippen LogP contribution is -2.18. The highest BCUT2D eigenvalue weighted by molar-refractivity contribution is 14.1. The molecular formula is C8H3F6IN2O2. The fourth-order valence-electron chi connectivity index (χ4n) is 1.36. The normalized spacial score (nSPS) is 12.6. The summed E-state index contributed by atoms with van der Waals surface area (Å²) in [6.07, 6.45) is -10.3. The average molecular weight is 400 g/mol. The average Bonchev–Trinajstić information content (AvgIpc) is 2.11. The minimum atomic E-state index is -5.18. The van der Waals surface area contributed by atoms with E-state index in [1.807, 2.05) is 0 Å². The Morgan fingerprint density at radius 1 is 1.16 bits per heavy atom. The fourth-order valence-corrected chi connectivity index (χ4v) is 2.27. The molecule has 4 nitrogen and oxygen atoms in total. The van der Waals surface area contributed by atoms with Gasteiger partial charge < -0.3 is 5.73 Å². The van der Waals surface area contributed by atoms with Crippen molar-refractivity contribution in [1.82, 2.24) is 0 Å². The third-order valence-corrected chi connectivity index (χ3v) is 2.91. The molecule has 1 aromatic carbocycles. The Balaban J connectivity index is 3.81. The molecular weight excluding hydrogens is 397 g/mol. The van der Waals surface area contributed by atoms with Gasteiger partial charge in [-0.15, -0.1) is 0 Å². The summed E-state index contributed by atoms with van der Waals surface area (Å²) in [6, 6.07) is 0.0534. The van der Waals surface area contributed by atoms with Gasteiger partial charge in [0.15, 0.2) is 0 Å². The molecule has 0 unspecified atom stereocenters. The predicted octanol–water partition coefficient (Wildman–Crippen LogP) is 3.82. The molecule has 0 fully saturated rings. The third kappa shape index (κ3) is 3.01. The molecule has 1 aromatic rings. The van der Waals surface area contributed by atoms with E-state index in [2.05, 4.69) is 0 Å². The molecule has 11 heteroatoms. The topological polar surface area (TPSA) is 69.2 Å². The van der Waals surface area contributed by atoms with E-state index in [9.17, 15) is 36.5 Å². The zero-order valence-electron chi connectivity index (χ0n) is 8.56. The van der Waals surface area contributed by atoms with E-state index >= 15 is 0 Å². The molecule has 0 saturated carbocycles. The van der Waals surface area contributed by atoms with Crippen LogP contribution in [0.3, 0.4) is 0 Å². The zero-order chi connectivity index (χ0) is 15.2. The van der Waals surface area contributed by atoms with Crippen molar-refractivity contribution < 1.29 is 31.3 Å². The van der Waals surface area contributed by atoms with Gasteiger partial charge >= 0.3 is 18.0 Å². The van der Waals surface area contributed by atoms with E-state index in [0.717, 1.165) is 22.6 Å². The van der Waals surface area contributed by atoms with E-state index in [1.54, 1.807) is 0 Å². The van der Waals surface area contributed by atoms with Crippen LogP contribution >= 0.6 is 22.6 Å². The molecule has 0 spiro atoms. The van der Waals surface area contributed by atoms with Crippen molar-refractivity contribution in [3.8, 4) is 0 Å². The highest BCUT2D eigenvalue weighted by atomic mass is 127. The van der Waals surface area contributed by atoms with Crippen LogP contribution < -0.4 is 5.73 Å². The number of halogens is 7. The SMILES string of the molecule is Nc1c([N+](=O)[O-])c(C(F)(F)F)cc(I)c1C(F)(F)F. The van der Waals surface area contributed by atoms with E-state index < -0.39 is 43.3 Å². The van der Waals surface area contributed by atoms with Crippen LogP contribution in [-0.2, 0) is 12.4 Å². The molecule has 0 atom stereocenters. The molecule has 2 N–H and O–H groups in total. The number of hydrogen-bond donors (Lipinski definition) is 1. The number of benzene rings is 1. The number of nitrogens with two attached hydrogens (primary N) is 1. The first-order chi connectivity index (χ1) is 8.37. The lowest BCUT2D eigenvalue weighted by molar-refractivity contribution is -0.387. The monoisotopic (exact) mass is 400 g/mol. The molecule has 0 aliphatic heterocycles. The first kappa shape index (κ1) is 15.8. The molecule has 0 bridgehead atoms. The molecule has 19 heavy (non-hydrogen) atoms. The van der Waals surface area contributed by atoms with Gasteiger partial charge in [0.2, 0.25) is 0 Å². The fraction of sp³-hybridized carbons (Fsp3) is 0.250. The molecule has 0 aliphatic carbocycles. The second-order valence-electron chi connectivity index (χ2n) is 3.30. The Morgan fingerprint density at radius 3 is 1.95 bits per heavy atom. The minimum Gasteiger partial charge on any atom is -0.393 e. The van der Waals surface area contributed by atoms with Crippen LogP contribution in [0.2, 0.25) is 0 Å². The highest BCUT2D eigenvalue weighted by Gasteiger charge is 2.45. The summed E-state index contributed by atoms with van der Waals surface area (Å²) in [7, 11) is 0. The number of nitro benzene ring substituents is 1. The lowest BCUT2D eigenvalue weighted by atomic mass is 10.1. The number of nitrogen functional groups attached to an aromatic ring is 1. The van der Waals surface area contributed by atoms with Crippen LogP contribution in [0.5, 0.6) is 0 Å². The number of nitrogens with zero attached hydrogens (tertiary/aromatic N) is 1. The van der Waals surface area contributed by atoms with Crippen molar-refractivity contribution in [2.24, 2.45) is 0 Å². The standard InChI is InChI=1S/C8H3F6IN2O2/c9-7(10,11)2-1-3(15)4(8(12,13)14)5(16)6(2)17(18)19/h1H,16H2. The number of anilines is 1. The maximum Gasteiger partial charge on any atom is 0.423 e. The van der Waals surface area contributed by atoms with Crippen molar-refractivity contribution >= 4 is 34.0 Å². The summed E-state index contributed by atoms with van der Waals surface area (Å²) in [4.78, 5) is 8.96. The Bertz CT molecular complexity index is 540. The van der Waals surface area contributed by atoms with Crippen LogP contribution in [0, 0.1) is 13.7 Å². The quantitative estimate of drug-likeness (QED) is 0.256. The molecule has 0 saturated heterocycles. The van der Waals surface area contributed by atoms with Crippen LogP contribution in [0.4, 0.5) is 37.7 Å². The molecule has 106 valence electrons. The van der Waals surface area contributed by atoms with Crippen molar-refractivity contribution in [2.45, 2.75) is 12.4 Å².